The molecule has 1 aliphatic rings. The van der Waals surface area contributed by atoms with Gasteiger partial charge in [0.05, 0.1) is 0 Å². The van der Waals surface area contributed by atoms with Crippen LogP contribution in [-0.2, 0) is 0 Å². The van der Waals surface area contributed by atoms with E-state index < -0.39 is 0 Å². The van der Waals surface area contributed by atoms with Crippen molar-refractivity contribution in [3.63, 3.8) is 0 Å². The van der Waals surface area contributed by atoms with Crippen molar-refractivity contribution in [1.82, 2.24) is 14.9 Å². The minimum atomic E-state index is 0.542. The summed E-state index contributed by atoms with van der Waals surface area (Å²) in [5, 5.41) is 4.23. The molecular formula is C19H27N5S. The molecule has 2 aromatic rings. The molecule has 1 fully saturated rings. The minimum Gasteiger partial charge on any atom is -0.354 e. The average Bonchev–Trinajstić information content (AvgIpc) is 2.62. The van der Waals surface area contributed by atoms with Crippen molar-refractivity contribution in [1.29, 1.82) is 0 Å². The second kappa shape index (κ2) is 8.06. The molecule has 0 amide bonds. The number of anilines is 3. The third-order valence-electron chi connectivity index (χ3n) is 4.55. The lowest BCUT2D eigenvalue weighted by Crippen LogP contribution is -2.44. The number of rotatable bonds is 5. The lowest BCUT2D eigenvalue weighted by molar-refractivity contribution is 0.312. The number of hydrogen-bond acceptors (Lipinski definition) is 6. The lowest BCUT2D eigenvalue weighted by atomic mass is 10.0. The van der Waals surface area contributed by atoms with Crippen LogP contribution in [0.2, 0.25) is 0 Å². The van der Waals surface area contributed by atoms with E-state index in [0.29, 0.717) is 5.92 Å². The largest absolute Gasteiger partial charge is 0.354 e. The zero-order chi connectivity index (χ0) is 17.8. The van der Waals surface area contributed by atoms with E-state index in [0.717, 1.165) is 48.7 Å². The molecule has 134 valence electrons. The number of likely N-dealkylation sites (N-methyl/N-ethyl adjacent to an activating group) is 1. The first kappa shape index (κ1) is 18.0. The maximum Gasteiger partial charge on any atom is 0.191 e. The van der Waals surface area contributed by atoms with Gasteiger partial charge in [0.25, 0.3) is 0 Å². The van der Waals surface area contributed by atoms with Gasteiger partial charge in [-0.15, -0.1) is 0 Å². The number of hydrogen-bond donors (Lipinski definition) is 1. The first-order chi connectivity index (χ1) is 12.0. The van der Waals surface area contributed by atoms with Gasteiger partial charge >= 0.3 is 0 Å². The summed E-state index contributed by atoms with van der Waals surface area (Å²) >= 11 is 1.58. The van der Waals surface area contributed by atoms with Crippen molar-refractivity contribution in [2.75, 3.05) is 49.7 Å². The van der Waals surface area contributed by atoms with Gasteiger partial charge in [0.2, 0.25) is 0 Å². The topological polar surface area (TPSA) is 44.3 Å². The van der Waals surface area contributed by atoms with Crippen molar-refractivity contribution < 1.29 is 0 Å². The third kappa shape index (κ3) is 4.64. The van der Waals surface area contributed by atoms with Crippen molar-refractivity contribution in [3.8, 4) is 0 Å². The van der Waals surface area contributed by atoms with Crippen LogP contribution in [-0.4, -0.2) is 54.4 Å². The Bertz CT molecular complexity index is 693. The monoisotopic (exact) mass is 357 g/mol. The van der Waals surface area contributed by atoms with E-state index in [4.69, 9.17) is 4.98 Å². The van der Waals surface area contributed by atoms with Gasteiger partial charge in [0.15, 0.2) is 5.16 Å². The minimum absolute atomic E-state index is 0.542. The predicted octanol–water partition coefficient (Wildman–Crippen LogP) is 3.82. The fourth-order valence-corrected chi connectivity index (χ4v) is 3.24. The summed E-state index contributed by atoms with van der Waals surface area (Å²) in [7, 11) is 2.17. The summed E-state index contributed by atoms with van der Waals surface area (Å²) < 4.78 is 0. The van der Waals surface area contributed by atoms with E-state index in [-0.39, 0.29) is 0 Å². The van der Waals surface area contributed by atoms with E-state index in [1.165, 1.54) is 5.56 Å². The maximum absolute atomic E-state index is 4.70. The summed E-state index contributed by atoms with van der Waals surface area (Å²) in [6.45, 7) is 8.56. The molecule has 0 saturated carbocycles. The van der Waals surface area contributed by atoms with Crippen LogP contribution < -0.4 is 10.2 Å². The summed E-state index contributed by atoms with van der Waals surface area (Å²) in [5.41, 5.74) is 2.40. The molecule has 1 aliphatic heterocycles. The van der Waals surface area contributed by atoms with Crippen molar-refractivity contribution in [2.24, 2.45) is 0 Å². The number of aromatic nitrogens is 2. The zero-order valence-corrected chi connectivity index (χ0v) is 16.3. The highest BCUT2D eigenvalue weighted by atomic mass is 32.2. The first-order valence-electron chi connectivity index (χ1n) is 8.78. The summed E-state index contributed by atoms with van der Waals surface area (Å²) in [5.74, 6) is 2.40. The van der Waals surface area contributed by atoms with Gasteiger partial charge in [0, 0.05) is 37.9 Å². The highest BCUT2D eigenvalue weighted by Crippen LogP contribution is 2.25. The van der Waals surface area contributed by atoms with Crippen molar-refractivity contribution in [2.45, 2.75) is 24.9 Å². The molecule has 0 spiro atoms. The molecule has 1 aromatic carbocycles. The Morgan fingerprint density at radius 2 is 1.72 bits per heavy atom. The average molecular weight is 358 g/mol. The Morgan fingerprint density at radius 3 is 2.32 bits per heavy atom. The molecule has 1 N–H and O–H groups in total. The van der Waals surface area contributed by atoms with Crippen molar-refractivity contribution in [3.05, 3.63) is 35.9 Å². The number of nitrogens with one attached hydrogen (secondary N) is 1. The fourth-order valence-electron chi connectivity index (χ4n) is 2.86. The van der Waals surface area contributed by atoms with Gasteiger partial charge < -0.3 is 15.1 Å². The molecule has 0 unspecified atom stereocenters. The van der Waals surface area contributed by atoms with Crippen LogP contribution in [0.4, 0.5) is 17.3 Å². The Balaban J connectivity index is 1.79. The third-order valence-corrected chi connectivity index (χ3v) is 5.10. The molecular weight excluding hydrogens is 330 g/mol. The highest BCUT2D eigenvalue weighted by molar-refractivity contribution is 7.98. The summed E-state index contributed by atoms with van der Waals surface area (Å²) in [6.07, 6.45) is 2.02. The van der Waals surface area contributed by atoms with E-state index in [1.54, 1.807) is 11.8 Å². The fraction of sp³-hybridized carbons (Fsp3) is 0.474. The SMILES string of the molecule is CSc1nc(Nc2ccc(C(C)C)cc2)cc(N2CCN(C)CC2)n1. The Morgan fingerprint density at radius 1 is 1.04 bits per heavy atom. The van der Waals surface area contributed by atoms with Crippen LogP contribution in [0.5, 0.6) is 0 Å². The molecule has 0 aliphatic carbocycles. The molecule has 5 nitrogen and oxygen atoms in total. The maximum atomic E-state index is 4.70. The number of piperazine rings is 1. The molecule has 0 bridgehead atoms. The van der Waals surface area contributed by atoms with Gasteiger partial charge in [-0.05, 0) is 36.9 Å². The van der Waals surface area contributed by atoms with Crippen LogP contribution in [0.1, 0.15) is 25.3 Å². The van der Waals surface area contributed by atoms with Gasteiger partial charge in [-0.25, -0.2) is 9.97 Å². The van der Waals surface area contributed by atoms with Crippen LogP contribution in [0.25, 0.3) is 0 Å². The normalized spacial score (nSPS) is 15.6. The van der Waals surface area contributed by atoms with Crippen LogP contribution >= 0.6 is 11.8 Å². The molecule has 1 aromatic heterocycles. The lowest BCUT2D eigenvalue weighted by Gasteiger charge is -2.33. The Hall–Kier alpha value is -1.79. The second-order valence-electron chi connectivity index (χ2n) is 6.79. The van der Waals surface area contributed by atoms with Crippen LogP contribution in [0.3, 0.4) is 0 Å². The van der Waals surface area contributed by atoms with Gasteiger partial charge in [-0.2, -0.15) is 0 Å². The summed E-state index contributed by atoms with van der Waals surface area (Å²) in [4.78, 5) is 14.0. The smallest absolute Gasteiger partial charge is 0.191 e. The molecule has 1 saturated heterocycles. The zero-order valence-electron chi connectivity index (χ0n) is 15.5. The number of thioether (sulfide) groups is 1. The Kier molecular flexibility index (Phi) is 5.81. The quantitative estimate of drug-likeness (QED) is 0.648. The van der Waals surface area contributed by atoms with E-state index >= 15 is 0 Å². The molecule has 6 heteroatoms. The van der Waals surface area contributed by atoms with Crippen molar-refractivity contribution >= 4 is 29.1 Å². The number of benzene rings is 1. The molecule has 25 heavy (non-hydrogen) atoms. The van der Waals surface area contributed by atoms with Gasteiger partial charge in [-0.3, -0.25) is 0 Å². The number of nitrogens with zero attached hydrogens (tertiary/aromatic N) is 4. The molecule has 0 radical (unpaired) electrons. The molecule has 0 atom stereocenters. The standard InChI is InChI=1S/C19H27N5S/c1-14(2)15-5-7-16(8-6-15)20-17-13-18(22-19(21-17)25-4)24-11-9-23(3)10-12-24/h5-8,13-14H,9-12H2,1-4H3,(H,20,21,22). The second-order valence-corrected chi connectivity index (χ2v) is 7.56. The predicted molar refractivity (Wildman–Crippen MR) is 107 cm³/mol. The van der Waals surface area contributed by atoms with Gasteiger partial charge in [0.1, 0.15) is 11.6 Å². The van der Waals surface area contributed by atoms with E-state index in [1.807, 2.05) is 6.26 Å². The van der Waals surface area contributed by atoms with Crippen LogP contribution in [0.15, 0.2) is 35.5 Å². The van der Waals surface area contributed by atoms with Gasteiger partial charge in [-0.1, -0.05) is 37.7 Å². The highest BCUT2D eigenvalue weighted by Gasteiger charge is 2.17. The van der Waals surface area contributed by atoms with E-state index in [9.17, 15) is 0 Å². The molecule has 3 rings (SSSR count). The van der Waals surface area contributed by atoms with E-state index in [2.05, 4.69) is 71.3 Å². The van der Waals surface area contributed by atoms with Crippen LogP contribution in [0, 0.1) is 0 Å². The Labute approximate surface area is 154 Å². The molecule has 2 heterocycles. The summed E-state index contributed by atoms with van der Waals surface area (Å²) in [6, 6.07) is 10.6. The first-order valence-corrected chi connectivity index (χ1v) is 10.0.